The summed E-state index contributed by atoms with van der Waals surface area (Å²) in [4.78, 5) is 29.2. The van der Waals surface area contributed by atoms with Crippen molar-refractivity contribution in [3.63, 3.8) is 0 Å². The number of ether oxygens (including phenoxy) is 1. The smallest absolute Gasteiger partial charge is 0.410 e. The summed E-state index contributed by atoms with van der Waals surface area (Å²) in [6, 6.07) is 14.2. The highest BCUT2D eigenvalue weighted by molar-refractivity contribution is 7.17. The van der Waals surface area contributed by atoms with Crippen molar-refractivity contribution in [1.82, 2.24) is 4.90 Å². The lowest BCUT2D eigenvalue weighted by atomic mass is 10.1. The first kappa shape index (κ1) is 21.1. The number of carbonyl (C=O) groups excluding carboxylic acids is 2. The molecular formula is C23H23N3O3S2. The molecule has 8 heteroatoms. The number of anilines is 2. The van der Waals surface area contributed by atoms with E-state index in [1.54, 1.807) is 29.2 Å². The van der Waals surface area contributed by atoms with Crippen molar-refractivity contribution in [3.8, 4) is 10.4 Å². The molecule has 1 aromatic carbocycles. The lowest BCUT2D eigenvalue weighted by molar-refractivity contribution is -0.111. The first-order valence-electron chi connectivity index (χ1n) is 10.0. The zero-order chi connectivity index (χ0) is 21.8. The molecule has 0 spiro atoms. The molecule has 0 radical (unpaired) electrons. The number of benzene rings is 1. The van der Waals surface area contributed by atoms with E-state index >= 15 is 0 Å². The number of thiophene rings is 2. The van der Waals surface area contributed by atoms with Crippen molar-refractivity contribution in [2.45, 2.75) is 19.9 Å². The maximum Gasteiger partial charge on any atom is 0.410 e. The first-order chi connectivity index (χ1) is 15.0. The molecule has 0 bridgehead atoms. The largest absolute Gasteiger partial charge is 0.450 e. The van der Waals surface area contributed by atoms with Gasteiger partial charge in [-0.05, 0) is 42.7 Å². The van der Waals surface area contributed by atoms with Crippen LogP contribution < -0.4 is 11.1 Å². The molecule has 4 rings (SSSR count). The molecule has 3 aromatic rings. The van der Waals surface area contributed by atoms with Gasteiger partial charge >= 0.3 is 6.09 Å². The van der Waals surface area contributed by atoms with E-state index in [1.165, 1.54) is 17.4 Å². The molecule has 1 aliphatic heterocycles. The van der Waals surface area contributed by atoms with Crippen LogP contribution in [-0.4, -0.2) is 30.1 Å². The highest BCUT2D eigenvalue weighted by Crippen LogP contribution is 2.39. The van der Waals surface area contributed by atoms with Crippen LogP contribution in [0, 0.1) is 0 Å². The second-order valence-electron chi connectivity index (χ2n) is 7.01. The fraction of sp³-hybridized carbons (Fsp3) is 0.217. The molecule has 0 saturated heterocycles. The summed E-state index contributed by atoms with van der Waals surface area (Å²) in [6.07, 6.45) is 3.65. The SMILES string of the molecule is CCOC(=O)N1CCc2c(sc(NC(=O)/C=C/c3ccc(-c4ccccc4)s3)c2N)C1. The number of fused-ring (bicyclic) bond motifs is 1. The lowest BCUT2D eigenvalue weighted by Crippen LogP contribution is -2.35. The Hall–Kier alpha value is -3.10. The second kappa shape index (κ2) is 9.36. The fourth-order valence-electron chi connectivity index (χ4n) is 3.40. The summed E-state index contributed by atoms with van der Waals surface area (Å²) < 4.78 is 5.08. The standard InChI is InChI=1S/C23H23N3O3S2/c1-2-29-23(28)26-13-12-17-19(14-26)31-22(21(17)24)25-20(27)11-9-16-8-10-18(30-16)15-6-4-3-5-7-15/h3-11H,2,12-14,24H2,1H3,(H,25,27)/b11-9+. The molecule has 6 nitrogen and oxygen atoms in total. The van der Waals surface area contributed by atoms with E-state index in [1.807, 2.05) is 24.3 Å². The third kappa shape index (κ3) is 4.81. The van der Waals surface area contributed by atoms with Crippen LogP contribution in [0.5, 0.6) is 0 Å². The molecule has 0 unspecified atom stereocenters. The summed E-state index contributed by atoms with van der Waals surface area (Å²) in [5.41, 5.74) is 9.02. The van der Waals surface area contributed by atoms with Gasteiger partial charge in [0.15, 0.2) is 0 Å². The van der Waals surface area contributed by atoms with Gasteiger partial charge in [-0.1, -0.05) is 30.3 Å². The number of amides is 2. The highest BCUT2D eigenvalue weighted by atomic mass is 32.1. The Balaban J connectivity index is 1.41. The Bertz CT molecular complexity index is 1120. The van der Waals surface area contributed by atoms with Crippen LogP contribution in [0.4, 0.5) is 15.5 Å². The zero-order valence-electron chi connectivity index (χ0n) is 17.1. The number of carbonyl (C=O) groups is 2. The predicted molar refractivity (Wildman–Crippen MR) is 127 cm³/mol. The number of nitrogens with two attached hydrogens (primary N) is 1. The number of nitrogen functional groups attached to an aromatic ring is 1. The number of nitrogens with zero attached hydrogens (tertiary/aromatic N) is 1. The van der Waals surface area contributed by atoms with Crippen molar-refractivity contribution in [1.29, 1.82) is 0 Å². The molecule has 0 aliphatic carbocycles. The molecule has 1 aliphatic rings. The van der Waals surface area contributed by atoms with E-state index in [-0.39, 0.29) is 12.0 Å². The Kier molecular flexibility index (Phi) is 6.39. The van der Waals surface area contributed by atoms with Crippen LogP contribution in [-0.2, 0) is 22.5 Å². The fourth-order valence-corrected chi connectivity index (χ4v) is 5.51. The molecule has 0 saturated carbocycles. The van der Waals surface area contributed by atoms with E-state index in [2.05, 4.69) is 23.5 Å². The van der Waals surface area contributed by atoms with Crippen LogP contribution in [0.15, 0.2) is 48.5 Å². The first-order valence-corrected chi connectivity index (χ1v) is 11.6. The Labute approximate surface area is 189 Å². The third-order valence-electron chi connectivity index (χ3n) is 4.94. The van der Waals surface area contributed by atoms with Crippen LogP contribution in [0.1, 0.15) is 22.2 Å². The van der Waals surface area contributed by atoms with Crippen molar-refractivity contribution < 1.29 is 14.3 Å². The van der Waals surface area contributed by atoms with Gasteiger partial charge in [0.1, 0.15) is 5.00 Å². The monoisotopic (exact) mass is 453 g/mol. The minimum atomic E-state index is -0.320. The summed E-state index contributed by atoms with van der Waals surface area (Å²) in [6.45, 7) is 3.14. The summed E-state index contributed by atoms with van der Waals surface area (Å²) in [5, 5.41) is 3.51. The minimum Gasteiger partial charge on any atom is -0.450 e. The molecule has 160 valence electrons. The van der Waals surface area contributed by atoms with E-state index < -0.39 is 0 Å². The number of rotatable bonds is 5. The number of nitrogens with one attached hydrogen (secondary N) is 1. The van der Waals surface area contributed by atoms with E-state index in [0.717, 1.165) is 25.8 Å². The average Bonchev–Trinajstić information content (AvgIpc) is 3.38. The van der Waals surface area contributed by atoms with Crippen LogP contribution in [0.2, 0.25) is 0 Å². The van der Waals surface area contributed by atoms with Gasteiger partial charge in [-0.3, -0.25) is 4.79 Å². The summed E-state index contributed by atoms with van der Waals surface area (Å²) >= 11 is 3.04. The zero-order valence-corrected chi connectivity index (χ0v) is 18.7. The van der Waals surface area contributed by atoms with Gasteiger partial charge in [0.05, 0.1) is 18.8 Å². The van der Waals surface area contributed by atoms with Gasteiger partial charge in [0, 0.05) is 27.3 Å². The maximum atomic E-state index is 12.5. The summed E-state index contributed by atoms with van der Waals surface area (Å²) in [7, 11) is 0. The Morgan fingerprint density at radius 1 is 1.19 bits per heavy atom. The quantitative estimate of drug-likeness (QED) is 0.519. The van der Waals surface area contributed by atoms with Crippen LogP contribution in [0.25, 0.3) is 16.5 Å². The van der Waals surface area contributed by atoms with Crippen molar-refractivity contribution in [3.05, 3.63) is 63.9 Å². The van der Waals surface area contributed by atoms with E-state index in [9.17, 15) is 9.59 Å². The highest BCUT2D eigenvalue weighted by Gasteiger charge is 2.26. The number of hydrogen-bond acceptors (Lipinski definition) is 6. The van der Waals surface area contributed by atoms with E-state index in [4.69, 9.17) is 10.5 Å². The van der Waals surface area contributed by atoms with Gasteiger partial charge < -0.3 is 20.7 Å². The molecule has 0 fully saturated rings. The Morgan fingerprint density at radius 3 is 2.77 bits per heavy atom. The molecule has 3 heterocycles. The molecular weight excluding hydrogens is 430 g/mol. The van der Waals surface area contributed by atoms with E-state index in [0.29, 0.717) is 36.8 Å². The van der Waals surface area contributed by atoms with Crippen molar-refractivity contribution >= 4 is 51.4 Å². The number of hydrogen-bond donors (Lipinski definition) is 2. The molecule has 31 heavy (non-hydrogen) atoms. The van der Waals surface area contributed by atoms with Crippen LogP contribution in [0.3, 0.4) is 0 Å². The Morgan fingerprint density at radius 2 is 2.00 bits per heavy atom. The predicted octanol–water partition coefficient (Wildman–Crippen LogP) is 5.23. The summed E-state index contributed by atoms with van der Waals surface area (Å²) in [5.74, 6) is -0.234. The molecule has 2 aromatic heterocycles. The van der Waals surface area contributed by atoms with Crippen molar-refractivity contribution in [2.75, 3.05) is 24.2 Å². The molecule has 3 N–H and O–H groups in total. The molecule has 2 amide bonds. The third-order valence-corrected chi connectivity index (χ3v) is 7.19. The second-order valence-corrected chi connectivity index (χ2v) is 9.23. The van der Waals surface area contributed by atoms with Gasteiger partial charge in [-0.2, -0.15) is 0 Å². The maximum absolute atomic E-state index is 12.5. The van der Waals surface area contributed by atoms with Crippen LogP contribution >= 0.6 is 22.7 Å². The molecule has 0 atom stereocenters. The topological polar surface area (TPSA) is 84.7 Å². The van der Waals surface area contributed by atoms with Gasteiger partial charge in [0.2, 0.25) is 5.91 Å². The normalized spacial score (nSPS) is 13.3. The minimum absolute atomic E-state index is 0.234. The van der Waals surface area contributed by atoms with Gasteiger partial charge in [0.25, 0.3) is 0 Å². The van der Waals surface area contributed by atoms with Gasteiger partial charge in [-0.25, -0.2) is 4.79 Å². The van der Waals surface area contributed by atoms with Crippen molar-refractivity contribution in [2.24, 2.45) is 0 Å². The van der Waals surface area contributed by atoms with Gasteiger partial charge in [-0.15, -0.1) is 22.7 Å². The average molecular weight is 454 g/mol. The lowest BCUT2D eigenvalue weighted by Gasteiger charge is -2.26.